The van der Waals surface area contributed by atoms with E-state index in [0.29, 0.717) is 5.92 Å². The molecule has 0 bridgehead atoms. The summed E-state index contributed by atoms with van der Waals surface area (Å²) in [5.41, 5.74) is 0.918. The Morgan fingerprint density at radius 3 is 3.06 bits per heavy atom. The number of aliphatic hydroxyl groups is 1. The van der Waals surface area contributed by atoms with Crippen molar-refractivity contribution in [2.45, 2.75) is 25.0 Å². The predicted octanol–water partition coefficient (Wildman–Crippen LogP) is 3.39. The average molecular weight is 315 g/mol. The molecule has 92 valence electrons. The van der Waals surface area contributed by atoms with Crippen molar-refractivity contribution >= 4 is 27.7 Å². The third kappa shape index (κ3) is 2.35. The number of aliphatic hydroxyl groups excluding tert-OH is 1. The standard InChI is InChI=1S/C13H15BrO2S/c14-9-1-2-12-10(5-9)11(15)6-13(16-12)8-3-4-17-7-8/h1-2,5,8,11,13,15H,3-4,6-7H2. The van der Waals surface area contributed by atoms with E-state index in [2.05, 4.69) is 15.9 Å². The molecule has 1 N–H and O–H groups in total. The van der Waals surface area contributed by atoms with Gasteiger partial charge in [-0.3, -0.25) is 0 Å². The van der Waals surface area contributed by atoms with Crippen LogP contribution in [0.1, 0.15) is 24.5 Å². The van der Waals surface area contributed by atoms with E-state index in [1.807, 2.05) is 30.0 Å². The van der Waals surface area contributed by atoms with Gasteiger partial charge >= 0.3 is 0 Å². The number of hydrogen-bond acceptors (Lipinski definition) is 3. The van der Waals surface area contributed by atoms with E-state index in [9.17, 15) is 5.11 Å². The lowest BCUT2D eigenvalue weighted by molar-refractivity contribution is 0.0402. The summed E-state index contributed by atoms with van der Waals surface area (Å²) >= 11 is 5.42. The topological polar surface area (TPSA) is 29.5 Å². The largest absolute Gasteiger partial charge is 0.490 e. The van der Waals surface area contributed by atoms with Gasteiger partial charge in [-0.05, 0) is 36.1 Å². The first-order valence-corrected chi connectivity index (χ1v) is 7.91. The minimum atomic E-state index is -0.383. The van der Waals surface area contributed by atoms with E-state index >= 15 is 0 Å². The second-order valence-corrected chi connectivity index (χ2v) is 6.78. The Morgan fingerprint density at radius 2 is 2.29 bits per heavy atom. The van der Waals surface area contributed by atoms with Crippen molar-refractivity contribution in [3.8, 4) is 5.75 Å². The van der Waals surface area contributed by atoms with Crippen LogP contribution in [0.2, 0.25) is 0 Å². The van der Waals surface area contributed by atoms with Gasteiger partial charge in [0.15, 0.2) is 0 Å². The summed E-state index contributed by atoms with van der Waals surface area (Å²) in [6.45, 7) is 0. The molecule has 3 unspecified atom stereocenters. The molecule has 4 heteroatoms. The number of halogens is 1. The minimum absolute atomic E-state index is 0.189. The van der Waals surface area contributed by atoms with Crippen LogP contribution in [-0.4, -0.2) is 22.7 Å². The fourth-order valence-electron chi connectivity index (χ4n) is 2.58. The van der Waals surface area contributed by atoms with Crippen molar-refractivity contribution < 1.29 is 9.84 Å². The Morgan fingerprint density at radius 1 is 1.41 bits per heavy atom. The van der Waals surface area contributed by atoms with Crippen molar-refractivity contribution in [1.29, 1.82) is 0 Å². The number of hydrogen-bond donors (Lipinski definition) is 1. The van der Waals surface area contributed by atoms with Crippen molar-refractivity contribution in [1.82, 2.24) is 0 Å². The zero-order valence-electron chi connectivity index (χ0n) is 9.43. The summed E-state index contributed by atoms with van der Waals surface area (Å²) in [7, 11) is 0. The lowest BCUT2D eigenvalue weighted by Crippen LogP contribution is -2.32. The summed E-state index contributed by atoms with van der Waals surface area (Å²) in [4.78, 5) is 0. The second-order valence-electron chi connectivity index (χ2n) is 4.71. The fraction of sp³-hybridized carbons (Fsp3) is 0.538. The molecule has 2 heterocycles. The van der Waals surface area contributed by atoms with Crippen LogP contribution in [0.15, 0.2) is 22.7 Å². The highest BCUT2D eigenvalue weighted by molar-refractivity contribution is 9.10. The molecule has 2 nitrogen and oxygen atoms in total. The smallest absolute Gasteiger partial charge is 0.125 e. The van der Waals surface area contributed by atoms with Gasteiger partial charge in [0.2, 0.25) is 0 Å². The van der Waals surface area contributed by atoms with Crippen LogP contribution in [0.25, 0.3) is 0 Å². The van der Waals surface area contributed by atoms with E-state index in [-0.39, 0.29) is 12.2 Å². The lowest BCUT2D eigenvalue weighted by atomic mass is 9.91. The number of rotatable bonds is 1. The van der Waals surface area contributed by atoms with Gasteiger partial charge in [-0.2, -0.15) is 11.8 Å². The fourth-order valence-corrected chi connectivity index (χ4v) is 4.28. The quantitative estimate of drug-likeness (QED) is 0.861. The molecule has 1 saturated heterocycles. The number of benzene rings is 1. The maximum absolute atomic E-state index is 10.2. The highest BCUT2D eigenvalue weighted by Gasteiger charge is 2.34. The lowest BCUT2D eigenvalue weighted by Gasteiger charge is -2.33. The minimum Gasteiger partial charge on any atom is -0.490 e. The molecule has 17 heavy (non-hydrogen) atoms. The monoisotopic (exact) mass is 314 g/mol. The van der Waals surface area contributed by atoms with Gasteiger partial charge < -0.3 is 9.84 Å². The molecule has 0 amide bonds. The summed E-state index contributed by atoms with van der Waals surface area (Å²) in [5, 5.41) is 10.2. The zero-order chi connectivity index (χ0) is 11.8. The van der Waals surface area contributed by atoms with Crippen molar-refractivity contribution in [2.24, 2.45) is 5.92 Å². The molecule has 3 atom stereocenters. The summed E-state index contributed by atoms with van der Waals surface area (Å²) in [5.74, 6) is 3.86. The first kappa shape index (κ1) is 11.9. The van der Waals surface area contributed by atoms with Crippen LogP contribution in [0.3, 0.4) is 0 Å². The molecule has 0 saturated carbocycles. The van der Waals surface area contributed by atoms with E-state index in [4.69, 9.17) is 4.74 Å². The Bertz CT molecular complexity index is 418. The maximum atomic E-state index is 10.2. The highest BCUT2D eigenvalue weighted by Crippen LogP contribution is 2.41. The third-order valence-electron chi connectivity index (χ3n) is 3.56. The van der Waals surface area contributed by atoms with Gasteiger partial charge in [0.1, 0.15) is 11.9 Å². The Kier molecular flexibility index (Phi) is 3.37. The van der Waals surface area contributed by atoms with E-state index in [1.54, 1.807) is 0 Å². The maximum Gasteiger partial charge on any atom is 0.125 e. The van der Waals surface area contributed by atoms with Gasteiger partial charge in [-0.1, -0.05) is 15.9 Å². The predicted molar refractivity (Wildman–Crippen MR) is 73.6 cm³/mol. The Labute approximate surface area is 114 Å². The van der Waals surface area contributed by atoms with Crippen LogP contribution in [0, 0.1) is 5.92 Å². The molecule has 0 spiro atoms. The molecule has 2 aliphatic rings. The molecule has 3 rings (SSSR count). The van der Waals surface area contributed by atoms with Crippen molar-refractivity contribution in [3.63, 3.8) is 0 Å². The second kappa shape index (κ2) is 4.82. The van der Waals surface area contributed by atoms with E-state index < -0.39 is 0 Å². The van der Waals surface area contributed by atoms with E-state index in [0.717, 1.165) is 22.2 Å². The SMILES string of the molecule is OC1CC(C2CCSC2)Oc2ccc(Br)cc21. The summed E-state index contributed by atoms with van der Waals surface area (Å²) < 4.78 is 7.04. The van der Waals surface area contributed by atoms with Crippen LogP contribution in [-0.2, 0) is 0 Å². The number of fused-ring (bicyclic) bond motifs is 1. The van der Waals surface area contributed by atoms with Crippen LogP contribution in [0.5, 0.6) is 5.75 Å². The molecule has 0 aliphatic carbocycles. The molecule has 2 aliphatic heterocycles. The number of ether oxygens (including phenoxy) is 1. The number of thioether (sulfide) groups is 1. The molecule has 0 aromatic heterocycles. The van der Waals surface area contributed by atoms with Gasteiger partial charge in [-0.25, -0.2) is 0 Å². The molecular weight excluding hydrogens is 300 g/mol. The summed E-state index contributed by atoms with van der Waals surface area (Å²) in [6.07, 6.45) is 1.75. The van der Waals surface area contributed by atoms with Crippen molar-refractivity contribution in [2.75, 3.05) is 11.5 Å². The molecule has 1 aromatic carbocycles. The Hall–Kier alpha value is -0.190. The Balaban J connectivity index is 1.84. The molecule has 1 fully saturated rings. The van der Waals surface area contributed by atoms with Crippen molar-refractivity contribution in [3.05, 3.63) is 28.2 Å². The van der Waals surface area contributed by atoms with Crippen LogP contribution in [0.4, 0.5) is 0 Å². The van der Waals surface area contributed by atoms with E-state index in [1.165, 1.54) is 17.9 Å². The first-order valence-electron chi connectivity index (χ1n) is 5.96. The van der Waals surface area contributed by atoms with Crippen LogP contribution >= 0.6 is 27.7 Å². The first-order chi connectivity index (χ1) is 8.24. The van der Waals surface area contributed by atoms with Crippen LogP contribution < -0.4 is 4.74 Å². The van der Waals surface area contributed by atoms with Gasteiger partial charge in [0.05, 0.1) is 6.10 Å². The third-order valence-corrected chi connectivity index (χ3v) is 5.24. The zero-order valence-corrected chi connectivity index (χ0v) is 11.8. The average Bonchev–Trinajstić information content (AvgIpc) is 2.83. The highest BCUT2D eigenvalue weighted by atomic mass is 79.9. The summed E-state index contributed by atoms with van der Waals surface area (Å²) in [6, 6.07) is 5.88. The normalized spacial score (nSPS) is 32.0. The molecular formula is C13H15BrO2S. The molecule has 1 aromatic rings. The molecule has 0 radical (unpaired) electrons. The van der Waals surface area contributed by atoms with Gasteiger partial charge in [0.25, 0.3) is 0 Å². The van der Waals surface area contributed by atoms with Gasteiger partial charge in [0, 0.05) is 22.4 Å². The van der Waals surface area contributed by atoms with Gasteiger partial charge in [-0.15, -0.1) is 0 Å².